The van der Waals surface area contributed by atoms with Crippen molar-refractivity contribution < 1.29 is 38.4 Å². The second-order valence-corrected chi connectivity index (χ2v) is 11.7. The number of carbonyl (C=O) groups excluding carboxylic acids is 2. The molecule has 47 heavy (non-hydrogen) atoms. The van der Waals surface area contributed by atoms with E-state index in [1.165, 1.54) is 20.4 Å². The zero-order chi connectivity index (χ0) is 34.1. The van der Waals surface area contributed by atoms with Crippen LogP contribution in [0.5, 0.6) is 23.0 Å². The first-order valence-electron chi connectivity index (χ1n) is 14.2. The second kappa shape index (κ2) is 16.6. The second-order valence-electron chi connectivity index (χ2n) is 9.96. The molecule has 0 fully saturated rings. The van der Waals surface area contributed by atoms with E-state index in [1.807, 2.05) is 0 Å². The number of nitrogens with zero attached hydrogens (tertiary/aromatic N) is 1. The molecule has 3 aromatic carbocycles. The summed E-state index contributed by atoms with van der Waals surface area (Å²) in [5.41, 5.74) is 5.24. The molecule has 1 aliphatic rings. The van der Waals surface area contributed by atoms with Gasteiger partial charge in [0.05, 0.1) is 38.7 Å². The topological polar surface area (TPSA) is 149 Å². The number of benzene rings is 3. The Morgan fingerprint density at radius 1 is 1.06 bits per heavy atom. The molecule has 3 aromatic rings. The number of hydrazone groups is 1. The molecule has 0 unspecified atom stereocenters. The molecule has 12 nitrogen and oxygen atoms in total. The predicted molar refractivity (Wildman–Crippen MR) is 180 cm³/mol. The molecular weight excluding hydrogens is 719 g/mol. The number of allylic oxidation sites excluding steroid dienone is 1. The molecule has 1 heterocycles. The van der Waals surface area contributed by atoms with Crippen LogP contribution in [0, 0.1) is 0 Å². The monoisotopic (exact) mass is 750 g/mol. The zero-order valence-corrected chi connectivity index (χ0v) is 29.0. The Balaban J connectivity index is 1.39. The maximum absolute atomic E-state index is 12.5. The van der Waals surface area contributed by atoms with Gasteiger partial charge in [0.25, 0.3) is 0 Å². The summed E-state index contributed by atoms with van der Waals surface area (Å²) in [6, 6.07) is 12.4. The van der Waals surface area contributed by atoms with E-state index in [9.17, 15) is 14.7 Å². The van der Waals surface area contributed by atoms with E-state index in [1.54, 1.807) is 62.4 Å². The Morgan fingerprint density at radius 2 is 1.83 bits per heavy atom. The van der Waals surface area contributed by atoms with Gasteiger partial charge in [-0.1, -0.05) is 35.3 Å². The van der Waals surface area contributed by atoms with Crippen molar-refractivity contribution in [3.05, 3.63) is 91.0 Å². The Hall–Kier alpha value is -4.17. The van der Waals surface area contributed by atoms with Crippen molar-refractivity contribution in [1.29, 1.82) is 0 Å². The van der Waals surface area contributed by atoms with Crippen LogP contribution >= 0.6 is 39.1 Å². The van der Waals surface area contributed by atoms with E-state index in [4.69, 9.17) is 46.9 Å². The number of halogens is 3. The third-order valence-corrected chi connectivity index (χ3v) is 8.05. The molecule has 4 N–H and O–H groups in total. The highest BCUT2D eigenvalue weighted by atomic mass is 79.9. The fourth-order valence-corrected chi connectivity index (χ4v) is 5.42. The number of ether oxygens (including phenoxy) is 5. The molecule has 0 spiro atoms. The van der Waals surface area contributed by atoms with Crippen LogP contribution in [0.1, 0.15) is 36.6 Å². The van der Waals surface area contributed by atoms with Gasteiger partial charge in [0, 0.05) is 31.3 Å². The van der Waals surface area contributed by atoms with Crippen molar-refractivity contribution >= 4 is 57.3 Å². The van der Waals surface area contributed by atoms with Gasteiger partial charge in [0.2, 0.25) is 0 Å². The summed E-state index contributed by atoms with van der Waals surface area (Å²) in [5, 5.41) is 21.0. The van der Waals surface area contributed by atoms with Crippen molar-refractivity contribution in [1.82, 2.24) is 16.1 Å². The van der Waals surface area contributed by atoms with Gasteiger partial charge in [-0.3, -0.25) is 5.43 Å². The molecule has 0 aliphatic carbocycles. The SMILES string of the molecule is CCOc1cc([C@H]2NC(=O)NC(C)=C2C(=O)OC)ccc1OC[C@H](O)N/N=C\c1cc(OC)c(OCc2ccc(Cl)cc2Cl)cc1Br. The van der Waals surface area contributed by atoms with Crippen LogP contribution in [-0.4, -0.2) is 57.0 Å². The Labute approximate surface area is 290 Å². The van der Waals surface area contributed by atoms with E-state index < -0.39 is 24.3 Å². The summed E-state index contributed by atoms with van der Waals surface area (Å²) < 4.78 is 28.6. The summed E-state index contributed by atoms with van der Waals surface area (Å²) in [4.78, 5) is 24.6. The standard InChI is InChI=1S/C32H33BrCl2N4O8/c1-5-45-26-10-18(30-29(31(41)44-4)17(2)37-32(42)38-30)7-9-24(26)47-16-28(40)39-36-14-20-11-25(43-3)27(13-22(20)33)46-15-19-6-8-21(34)12-23(19)35/h6-14,28,30,39-40H,5,15-16H2,1-4H3,(H2,37,38,42)/b36-14-/t28-,30+/m0/s1. The number of urea groups is 1. The summed E-state index contributed by atoms with van der Waals surface area (Å²) in [5.74, 6) is 1.05. The highest BCUT2D eigenvalue weighted by Crippen LogP contribution is 2.36. The Bertz CT molecular complexity index is 1690. The first-order chi connectivity index (χ1) is 22.5. The molecule has 1 aliphatic heterocycles. The summed E-state index contributed by atoms with van der Waals surface area (Å²) in [6.07, 6.45) is 0.311. The van der Waals surface area contributed by atoms with E-state index >= 15 is 0 Å². The number of carbonyl (C=O) groups is 2. The van der Waals surface area contributed by atoms with Crippen molar-refractivity contribution in [2.24, 2.45) is 5.10 Å². The minimum absolute atomic E-state index is 0.183. The molecule has 250 valence electrons. The smallest absolute Gasteiger partial charge is 0.337 e. The van der Waals surface area contributed by atoms with Crippen LogP contribution in [0.25, 0.3) is 0 Å². The van der Waals surface area contributed by atoms with E-state index in [2.05, 4.69) is 37.1 Å². The van der Waals surface area contributed by atoms with Crippen LogP contribution in [-0.2, 0) is 16.1 Å². The molecule has 0 bridgehead atoms. The number of amides is 2. The summed E-state index contributed by atoms with van der Waals surface area (Å²) in [6.45, 7) is 3.76. The average molecular weight is 752 g/mol. The van der Waals surface area contributed by atoms with Gasteiger partial charge in [-0.25, -0.2) is 9.59 Å². The highest BCUT2D eigenvalue weighted by molar-refractivity contribution is 9.10. The van der Waals surface area contributed by atoms with Crippen molar-refractivity contribution in [2.75, 3.05) is 27.4 Å². The molecule has 0 saturated heterocycles. The third kappa shape index (κ3) is 9.22. The lowest BCUT2D eigenvalue weighted by Gasteiger charge is -2.28. The molecule has 0 aromatic heterocycles. The number of hydrogen-bond acceptors (Lipinski definition) is 10. The molecular formula is C32H33BrCl2N4O8. The number of hydrogen-bond donors (Lipinski definition) is 4. The minimum atomic E-state index is -1.19. The number of methoxy groups -OCH3 is 2. The molecule has 0 radical (unpaired) electrons. The van der Waals surface area contributed by atoms with Crippen molar-refractivity contribution in [2.45, 2.75) is 32.7 Å². The first-order valence-corrected chi connectivity index (χ1v) is 15.8. The summed E-state index contributed by atoms with van der Waals surface area (Å²) >= 11 is 15.7. The molecule has 2 atom stereocenters. The third-order valence-electron chi connectivity index (χ3n) is 6.78. The van der Waals surface area contributed by atoms with E-state index in [0.717, 1.165) is 5.56 Å². The Kier molecular flexibility index (Phi) is 12.6. The minimum Gasteiger partial charge on any atom is -0.493 e. The van der Waals surface area contributed by atoms with Crippen LogP contribution in [0.15, 0.2) is 69.4 Å². The van der Waals surface area contributed by atoms with Crippen LogP contribution in [0.3, 0.4) is 0 Å². The number of aliphatic hydroxyl groups is 1. The average Bonchev–Trinajstić information content (AvgIpc) is 3.04. The fourth-order valence-electron chi connectivity index (χ4n) is 4.53. The van der Waals surface area contributed by atoms with Gasteiger partial charge in [0.15, 0.2) is 29.2 Å². The first kappa shape index (κ1) is 35.7. The van der Waals surface area contributed by atoms with Gasteiger partial charge in [-0.2, -0.15) is 5.10 Å². The van der Waals surface area contributed by atoms with E-state index in [0.29, 0.717) is 60.9 Å². The van der Waals surface area contributed by atoms with Crippen LogP contribution in [0.4, 0.5) is 4.79 Å². The zero-order valence-electron chi connectivity index (χ0n) is 25.9. The lowest BCUT2D eigenvalue weighted by Crippen LogP contribution is -2.45. The fraction of sp³-hybridized carbons (Fsp3) is 0.281. The lowest BCUT2D eigenvalue weighted by molar-refractivity contribution is -0.136. The number of rotatable bonds is 14. The number of nitrogens with one attached hydrogen (secondary N) is 3. The van der Waals surface area contributed by atoms with Gasteiger partial charge in [0.1, 0.15) is 13.2 Å². The lowest BCUT2D eigenvalue weighted by atomic mass is 9.95. The van der Waals surface area contributed by atoms with Crippen molar-refractivity contribution in [3.8, 4) is 23.0 Å². The van der Waals surface area contributed by atoms with Gasteiger partial charge >= 0.3 is 12.0 Å². The van der Waals surface area contributed by atoms with Gasteiger partial charge in [-0.15, -0.1) is 0 Å². The van der Waals surface area contributed by atoms with Crippen LogP contribution < -0.4 is 35.0 Å². The maximum atomic E-state index is 12.5. The van der Waals surface area contributed by atoms with Crippen LogP contribution in [0.2, 0.25) is 10.0 Å². The predicted octanol–water partition coefficient (Wildman–Crippen LogP) is 5.86. The van der Waals surface area contributed by atoms with Gasteiger partial charge < -0.3 is 39.4 Å². The molecule has 4 rings (SSSR count). The summed E-state index contributed by atoms with van der Waals surface area (Å²) in [7, 11) is 2.79. The van der Waals surface area contributed by atoms with Gasteiger partial charge in [-0.05, 0) is 71.7 Å². The number of esters is 1. The van der Waals surface area contributed by atoms with Crippen molar-refractivity contribution in [3.63, 3.8) is 0 Å². The quantitative estimate of drug-likeness (QED) is 0.0688. The van der Waals surface area contributed by atoms with E-state index in [-0.39, 0.29) is 18.8 Å². The maximum Gasteiger partial charge on any atom is 0.337 e. The normalized spacial score (nSPS) is 15.1. The number of aliphatic hydroxyl groups excluding tert-OH is 1. The largest absolute Gasteiger partial charge is 0.493 e. The molecule has 0 saturated carbocycles. The molecule has 15 heteroatoms. The Morgan fingerprint density at radius 3 is 2.53 bits per heavy atom. The molecule has 2 amide bonds. The highest BCUT2D eigenvalue weighted by Gasteiger charge is 2.32.